The molecule has 5 nitrogen and oxygen atoms in total. The van der Waals surface area contributed by atoms with Gasteiger partial charge in [0, 0.05) is 18.8 Å². The van der Waals surface area contributed by atoms with Crippen molar-refractivity contribution >= 4 is 17.7 Å². The Morgan fingerprint density at radius 1 is 1.48 bits per heavy atom. The standard InChI is InChI=1S/C15H19FN2O3/c1-3-10-4-5-11(8-12(10)16)17-14(21)18-7-6-15(2,9-18)13(19)20/h4-5,8H,3,6-7,9H2,1-2H3,(H,17,21)(H,19,20). The number of carbonyl (C=O) groups is 2. The van der Waals surface area contributed by atoms with Gasteiger partial charge in [-0.1, -0.05) is 13.0 Å². The fourth-order valence-electron chi connectivity index (χ4n) is 2.42. The zero-order valence-electron chi connectivity index (χ0n) is 12.1. The largest absolute Gasteiger partial charge is 0.481 e. The van der Waals surface area contributed by atoms with Crippen LogP contribution in [0.5, 0.6) is 0 Å². The van der Waals surface area contributed by atoms with E-state index in [1.54, 1.807) is 19.1 Å². The number of carboxylic acid groups (broad SMARTS) is 1. The van der Waals surface area contributed by atoms with Crippen LogP contribution in [0.4, 0.5) is 14.9 Å². The van der Waals surface area contributed by atoms with Crippen LogP contribution in [0.15, 0.2) is 18.2 Å². The highest BCUT2D eigenvalue weighted by molar-refractivity contribution is 5.90. The van der Waals surface area contributed by atoms with Gasteiger partial charge in [-0.3, -0.25) is 4.79 Å². The van der Waals surface area contributed by atoms with Gasteiger partial charge in [0.15, 0.2) is 0 Å². The first-order valence-corrected chi connectivity index (χ1v) is 6.93. The number of carbonyl (C=O) groups excluding carboxylic acids is 1. The Balaban J connectivity index is 2.03. The van der Waals surface area contributed by atoms with Crippen LogP contribution >= 0.6 is 0 Å². The highest BCUT2D eigenvalue weighted by Gasteiger charge is 2.42. The minimum absolute atomic E-state index is 0.156. The van der Waals surface area contributed by atoms with E-state index in [-0.39, 0.29) is 12.4 Å². The first-order valence-electron chi connectivity index (χ1n) is 6.93. The Kier molecular flexibility index (Phi) is 4.16. The molecule has 0 spiro atoms. The average molecular weight is 294 g/mol. The van der Waals surface area contributed by atoms with Crippen molar-refractivity contribution < 1.29 is 19.1 Å². The number of amides is 2. The zero-order valence-corrected chi connectivity index (χ0v) is 12.1. The average Bonchev–Trinajstić information content (AvgIpc) is 2.83. The highest BCUT2D eigenvalue weighted by atomic mass is 19.1. The van der Waals surface area contributed by atoms with Gasteiger partial charge in [-0.15, -0.1) is 0 Å². The Bertz CT molecular complexity index is 576. The molecule has 1 saturated heterocycles. The quantitative estimate of drug-likeness (QED) is 0.900. The summed E-state index contributed by atoms with van der Waals surface area (Å²) in [4.78, 5) is 24.7. The van der Waals surface area contributed by atoms with Crippen molar-refractivity contribution in [3.05, 3.63) is 29.6 Å². The molecular formula is C15H19FN2O3. The lowest BCUT2D eigenvalue weighted by molar-refractivity contribution is -0.146. The van der Waals surface area contributed by atoms with E-state index in [1.807, 2.05) is 6.92 Å². The van der Waals surface area contributed by atoms with Gasteiger partial charge >= 0.3 is 12.0 Å². The van der Waals surface area contributed by atoms with Crippen LogP contribution < -0.4 is 5.32 Å². The SMILES string of the molecule is CCc1ccc(NC(=O)N2CCC(C)(C(=O)O)C2)cc1F. The number of nitrogens with zero attached hydrogens (tertiary/aromatic N) is 1. The second-order valence-corrected chi connectivity index (χ2v) is 5.63. The molecule has 0 aliphatic carbocycles. The maximum Gasteiger partial charge on any atom is 0.321 e. The summed E-state index contributed by atoms with van der Waals surface area (Å²) in [7, 11) is 0. The molecule has 21 heavy (non-hydrogen) atoms. The summed E-state index contributed by atoms with van der Waals surface area (Å²) in [5, 5.41) is 11.8. The van der Waals surface area contributed by atoms with Crippen molar-refractivity contribution in [2.24, 2.45) is 5.41 Å². The molecule has 1 aliphatic heterocycles. The third kappa shape index (κ3) is 3.15. The predicted molar refractivity (Wildman–Crippen MR) is 76.7 cm³/mol. The van der Waals surface area contributed by atoms with E-state index in [1.165, 1.54) is 11.0 Å². The minimum Gasteiger partial charge on any atom is -0.481 e. The molecule has 1 aliphatic rings. The van der Waals surface area contributed by atoms with E-state index >= 15 is 0 Å². The number of halogens is 1. The van der Waals surface area contributed by atoms with Gasteiger partial charge in [0.25, 0.3) is 0 Å². The Morgan fingerprint density at radius 3 is 2.71 bits per heavy atom. The van der Waals surface area contributed by atoms with Gasteiger partial charge in [-0.2, -0.15) is 0 Å². The van der Waals surface area contributed by atoms with Crippen molar-refractivity contribution in [1.29, 1.82) is 0 Å². The molecule has 1 fully saturated rings. The number of carboxylic acids is 1. The third-order valence-electron chi connectivity index (χ3n) is 3.96. The number of nitrogens with one attached hydrogen (secondary N) is 1. The lowest BCUT2D eigenvalue weighted by atomic mass is 9.90. The molecule has 114 valence electrons. The molecule has 2 N–H and O–H groups in total. The van der Waals surface area contributed by atoms with Crippen molar-refractivity contribution in [3.8, 4) is 0 Å². The van der Waals surface area contributed by atoms with Crippen LogP contribution in [0.25, 0.3) is 0 Å². The summed E-state index contributed by atoms with van der Waals surface area (Å²) >= 11 is 0. The normalized spacial score (nSPS) is 21.4. The number of aryl methyl sites for hydroxylation is 1. The number of urea groups is 1. The highest BCUT2D eigenvalue weighted by Crippen LogP contribution is 2.30. The summed E-state index contributed by atoms with van der Waals surface area (Å²) in [5.74, 6) is -1.26. The molecule has 0 saturated carbocycles. The van der Waals surface area contributed by atoms with Crippen molar-refractivity contribution in [2.75, 3.05) is 18.4 Å². The van der Waals surface area contributed by atoms with Crippen LogP contribution in [0, 0.1) is 11.2 Å². The smallest absolute Gasteiger partial charge is 0.321 e. The molecule has 2 rings (SSSR count). The Hall–Kier alpha value is -2.11. The lowest BCUT2D eigenvalue weighted by Crippen LogP contribution is -2.37. The van der Waals surface area contributed by atoms with Crippen LogP contribution in [0.2, 0.25) is 0 Å². The van der Waals surface area contributed by atoms with E-state index in [4.69, 9.17) is 5.11 Å². The maximum atomic E-state index is 13.7. The molecule has 0 bridgehead atoms. The van der Waals surface area contributed by atoms with Gasteiger partial charge < -0.3 is 15.3 Å². The number of rotatable bonds is 3. The van der Waals surface area contributed by atoms with Crippen molar-refractivity contribution in [2.45, 2.75) is 26.7 Å². The molecule has 0 radical (unpaired) electrons. The molecule has 1 atom stereocenters. The van der Waals surface area contributed by atoms with E-state index in [0.717, 1.165) is 0 Å². The second-order valence-electron chi connectivity index (χ2n) is 5.63. The van der Waals surface area contributed by atoms with E-state index in [2.05, 4.69) is 5.32 Å². The first-order chi connectivity index (χ1) is 9.85. The number of anilines is 1. The maximum absolute atomic E-state index is 13.7. The van der Waals surface area contributed by atoms with E-state index < -0.39 is 17.4 Å². The predicted octanol–water partition coefficient (Wildman–Crippen LogP) is 2.72. The van der Waals surface area contributed by atoms with Crippen molar-refractivity contribution in [3.63, 3.8) is 0 Å². The molecule has 1 heterocycles. The van der Waals surface area contributed by atoms with Gasteiger partial charge in [0.2, 0.25) is 0 Å². The molecule has 1 aromatic carbocycles. The van der Waals surface area contributed by atoms with Crippen LogP contribution in [-0.4, -0.2) is 35.1 Å². The number of likely N-dealkylation sites (tertiary alicyclic amines) is 1. The Morgan fingerprint density at radius 2 is 2.19 bits per heavy atom. The van der Waals surface area contributed by atoms with Crippen LogP contribution in [0.1, 0.15) is 25.8 Å². The first kappa shape index (κ1) is 15.3. The summed E-state index contributed by atoms with van der Waals surface area (Å²) in [6.07, 6.45) is 1.00. The number of hydrogen-bond acceptors (Lipinski definition) is 2. The molecule has 6 heteroatoms. The molecule has 1 aromatic rings. The summed E-state index contributed by atoms with van der Waals surface area (Å²) in [5.41, 5.74) is 0.0560. The third-order valence-corrected chi connectivity index (χ3v) is 3.96. The zero-order chi connectivity index (χ0) is 15.6. The summed E-state index contributed by atoms with van der Waals surface area (Å²) < 4.78 is 13.7. The number of benzene rings is 1. The fraction of sp³-hybridized carbons (Fsp3) is 0.467. The monoisotopic (exact) mass is 294 g/mol. The van der Waals surface area contributed by atoms with Crippen molar-refractivity contribution in [1.82, 2.24) is 4.90 Å². The van der Waals surface area contributed by atoms with Gasteiger partial charge in [-0.05, 0) is 37.5 Å². The number of hydrogen-bond donors (Lipinski definition) is 2. The molecule has 0 aromatic heterocycles. The fourth-order valence-corrected chi connectivity index (χ4v) is 2.42. The summed E-state index contributed by atoms with van der Waals surface area (Å²) in [6.45, 7) is 4.01. The Labute approximate surface area is 122 Å². The van der Waals surface area contributed by atoms with Gasteiger partial charge in [0.1, 0.15) is 5.82 Å². The molecular weight excluding hydrogens is 275 g/mol. The second kappa shape index (κ2) is 5.71. The van der Waals surface area contributed by atoms with E-state index in [9.17, 15) is 14.0 Å². The topological polar surface area (TPSA) is 69.6 Å². The van der Waals surface area contributed by atoms with Crippen LogP contribution in [-0.2, 0) is 11.2 Å². The minimum atomic E-state index is -0.908. The lowest BCUT2D eigenvalue weighted by Gasteiger charge is -2.20. The van der Waals surface area contributed by atoms with Gasteiger partial charge in [0.05, 0.1) is 5.41 Å². The van der Waals surface area contributed by atoms with E-state index in [0.29, 0.717) is 30.6 Å². The van der Waals surface area contributed by atoms with Crippen LogP contribution in [0.3, 0.4) is 0 Å². The number of aliphatic carboxylic acids is 1. The molecule has 1 unspecified atom stereocenters. The van der Waals surface area contributed by atoms with Gasteiger partial charge in [-0.25, -0.2) is 9.18 Å². The summed E-state index contributed by atoms with van der Waals surface area (Å²) in [6, 6.07) is 4.16. The molecule has 2 amide bonds.